The van der Waals surface area contributed by atoms with Crippen LogP contribution in [-0.4, -0.2) is 61.3 Å². The first-order chi connectivity index (χ1) is 13.1. The Hall–Kier alpha value is -2.81. The molecule has 9 heteroatoms. The van der Waals surface area contributed by atoms with Crippen molar-refractivity contribution in [3.05, 3.63) is 46.4 Å². The molecule has 0 atom stereocenters. The Balaban J connectivity index is 1.51. The summed E-state index contributed by atoms with van der Waals surface area (Å²) in [5.41, 5.74) is 3.87. The van der Waals surface area contributed by atoms with E-state index in [0.717, 1.165) is 36.0 Å². The Morgan fingerprint density at radius 1 is 1.07 bits per heavy atom. The van der Waals surface area contributed by atoms with Crippen molar-refractivity contribution in [3.8, 4) is 5.82 Å². The van der Waals surface area contributed by atoms with E-state index in [9.17, 15) is 4.79 Å². The summed E-state index contributed by atoms with van der Waals surface area (Å²) < 4.78 is 5.76. The predicted octanol–water partition coefficient (Wildman–Crippen LogP) is 2.01. The van der Waals surface area contributed by atoms with Gasteiger partial charge >= 0.3 is 0 Å². The second-order valence-corrected chi connectivity index (χ2v) is 7.34. The Bertz CT molecular complexity index is 958. The normalized spacial score (nSPS) is 14.6. The van der Waals surface area contributed by atoms with Crippen LogP contribution in [0.4, 0.5) is 5.69 Å². The van der Waals surface area contributed by atoms with Gasteiger partial charge in [0, 0.05) is 32.4 Å². The zero-order valence-electron chi connectivity index (χ0n) is 15.6. The number of carbonyl (C=O) groups excluding carboxylic acids is 1. The van der Waals surface area contributed by atoms with Gasteiger partial charge in [0.1, 0.15) is 4.88 Å². The summed E-state index contributed by atoms with van der Waals surface area (Å²) in [4.78, 5) is 21.9. The maximum atomic E-state index is 12.7. The van der Waals surface area contributed by atoms with E-state index < -0.39 is 0 Å². The molecule has 0 aliphatic carbocycles. The van der Waals surface area contributed by atoms with Crippen LogP contribution in [0.2, 0.25) is 0 Å². The highest BCUT2D eigenvalue weighted by Crippen LogP contribution is 2.27. The molecule has 8 nitrogen and oxygen atoms in total. The highest BCUT2D eigenvalue weighted by molar-refractivity contribution is 7.07. The van der Waals surface area contributed by atoms with E-state index in [1.807, 2.05) is 41.6 Å². The van der Waals surface area contributed by atoms with Gasteiger partial charge in [0.05, 0.1) is 22.8 Å². The SMILES string of the molecule is Cc1nnsc1C(=O)N1CCN(c2c(C)nn(-c3ccccn3)c2C)CC1. The summed E-state index contributed by atoms with van der Waals surface area (Å²) in [5.74, 6) is 0.839. The van der Waals surface area contributed by atoms with Crippen molar-refractivity contribution in [1.29, 1.82) is 0 Å². The van der Waals surface area contributed by atoms with Crippen molar-refractivity contribution in [2.75, 3.05) is 31.1 Å². The van der Waals surface area contributed by atoms with E-state index in [0.29, 0.717) is 23.7 Å². The molecule has 0 bridgehead atoms. The fourth-order valence-corrected chi connectivity index (χ4v) is 4.12. The van der Waals surface area contributed by atoms with E-state index >= 15 is 0 Å². The van der Waals surface area contributed by atoms with Gasteiger partial charge in [-0.3, -0.25) is 4.79 Å². The molecule has 0 unspecified atom stereocenters. The lowest BCUT2D eigenvalue weighted by Crippen LogP contribution is -2.49. The number of piperazine rings is 1. The monoisotopic (exact) mass is 383 g/mol. The fourth-order valence-electron chi connectivity index (χ4n) is 3.50. The van der Waals surface area contributed by atoms with Crippen molar-refractivity contribution in [2.24, 2.45) is 0 Å². The molecule has 3 aromatic heterocycles. The van der Waals surface area contributed by atoms with Crippen LogP contribution in [0.1, 0.15) is 26.8 Å². The van der Waals surface area contributed by atoms with Crippen molar-refractivity contribution in [3.63, 3.8) is 0 Å². The number of hydrogen-bond donors (Lipinski definition) is 0. The van der Waals surface area contributed by atoms with Crippen LogP contribution in [0.5, 0.6) is 0 Å². The van der Waals surface area contributed by atoms with Gasteiger partial charge in [-0.25, -0.2) is 9.67 Å². The summed E-state index contributed by atoms with van der Waals surface area (Å²) in [7, 11) is 0. The second kappa shape index (κ2) is 7.07. The Morgan fingerprint density at radius 3 is 2.48 bits per heavy atom. The molecule has 1 saturated heterocycles. The highest BCUT2D eigenvalue weighted by atomic mass is 32.1. The smallest absolute Gasteiger partial charge is 0.267 e. The first kappa shape index (κ1) is 17.6. The van der Waals surface area contributed by atoms with Gasteiger partial charge in [0.15, 0.2) is 5.82 Å². The number of hydrogen-bond acceptors (Lipinski definition) is 7. The van der Waals surface area contributed by atoms with Gasteiger partial charge in [0.2, 0.25) is 0 Å². The van der Waals surface area contributed by atoms with Crippen LogP contribution in [-0.2, 0) is 0 Å². The minimum absolute atomic E-state index is 0.0276. The van der Waals surface area contributed by atoms with E-state index in [1.54, 1.807) is 6.20 Å². The zero-order chi connectivity index (χ0) is 19.0. The first-order valence-electron chi connectivity index (χ1n) is 8.87. The number of rotatable bonds is 3. The van der Waals surface area contributed by atoms with Crippen molar-refractivity contribution in [2.45, 2.75) is 20.8 Å². The van der Waals surface area contributed by atoms with Gasteiger partial charge in [-0.2, -0.15) is 5.10 Å². The summed E-state index contributed by atoms with van der Waals surface area (Å²) in [6.45, 7) is 8.79. The van der Waals surface area contributed by atoms with Crippen molar-refractivity contribution >= 4 is 23.1 Å². The van der Waals surface area contributed by atoms with Gasteiger partial charge in [-0.05, 0) is 44.4 Å². The first-order valence-corrected chi connectivity index (χ1v) is 9.64. The largest absolute Gasteiger partial charge is 0.365 e. The molecule has 1 amide bonds. The number of carbonyl (C=O) groups is 1. The van der Waals surface area contributed by atoms with E-state index in [1.165, 1.54) is 11.5 Å². The maximum absolute atomic E-state index is 12.7. The third-order valence-corrected chi connectivity index (χ3v) is 5.66. The third kappa shape index (κ3) is 3.18. The van der Waals surface area contributed by atoms with Gasteiger partial charge in [-0.15, -0.1) is 5.10 Å². The Kier molecular flexibility index (Phi) is 4.61. The summed E-state index contributed by atoms with van der Waals surface area (Å²) in [6.07, 6.45) is 1.77. The minimum atomic E-state index is 0.0276. The molecule has 1 fully saturated rings. The number of anilines is 1. The predicted molar refractivity (Wildman–Crippen MR) is 104 cm³/mol. The lowest BCUT2D eigenvalue weighted by atomic mass is 10.2. The molecule has 0 aromatic carbocycles. The average Bonchev–Trinajstić information content (AvgIpc) is 3.25. The lowest BCUT2D eigenvalue weighted by molar-refractivity contribution is 0.0750. The molecule has 0 radical (unpaired) electrons. The molecule has 3 aromatic rings. The zero-order valence-corrected chi connectivity index (χ0v) is 16.4. The molecular weight excluding hydrogens is 362 g/mol. The molecule has 1 aliphatic rings. The standard InChI is InChI=1S/C18H21N7OS/c1-12-16(14(3)25(21-12)15-6-4-5-7-19-15)23-8-10-24(11-9-23)18(26)17-13(2)20-22-27-17/h4-7H,8-11H2,1-3H3. The molecule has 0 spiro atoms. The van der Waals surface area contributed by atoms with Crippen LogP contribution in [0.15, 0.2) is 24.4 Å². The average molecular weight is 383 g/mol. The van der Waals surface area contributed by atoms with Crippen LogP contribution in [0, 0.1) is 20.8 Å². The number of aryl methyl sites for hydroxylation is 2. The number of nitrogens with zero attached hydrogens (tertiary/aromatic N) is 7. The third-order valence-electron chi connectivity index (χ3n) is 4.85. The van der Waals surface area contributed by atoms with Gasteiger partial charge in [-0.1, -0.05) is 10.6 Å². The number of pyridine rings is 1. The molecule has 27 heavy (non-hydrogen) atoms. The summed E-state index contributed by atoms with van der Waals surface area (Å²) in [5, 5.41) is 8.62. The van der Waals surface area contributed by atoms with Gasteiger partial charge < -0.3 is 9.80 Å². The Morgan fingerprint density at radius 2 is 1.85 bits per heavy atom. The molecular formula is C18H21N7OS. The summed E-state index contributed by atoms with van der Waals surface area (Å²) in [6, 6.07) is 5.80. The molecule has 1 aliphatic heterocycles. The van der Waals surface area contributed by atoms with Crippen LogP contribution in [0.25, 0.3) is 5.82 Å². The summed E-state index contributed by atoms with van der Waals surface area (Å²) >= 11 is 1.17. The van der Waals surface area contributed by atoms with Crippen molar-refractivity contribution in [1.82, 2.24) is 29.3 Å². The highest BCUT2D eigenvalue weighted by Gasteiger charge is 2.27. The molecule has 0 saturated carbocycles. The maximum Gasteiger partial charge on any atom is 0.267 e. The van der Waals surface area contributed by atoms with Crippen LogP contribution < -0.4 is 4.90 Å². The molecule has 140 valence electrons. The van der Waals surface area contributed by atoms with E-state index in [2.05, 4.69) is 31.5 Å². The minimum Gasteiger partial charge on any atom is -0.365 e. The van der Waals surface area contributed by atoms with Crippen molar-refractivity contribution < 1.29 is 4.79 Å². The molecule has 0 N–H and O–H groups in total. The van der Waals surface area contributed by atoms with Gasteiger partial charge in [0.25, 0.3) is 5.91 Å². The molecule has 4 rings (SSSR count). The topological polar surface area (TPSA) is 80.0 Å². The number of aromatic nitrogens is 5. The second-order valence-electron chi connectivity index (χ2n) is 6.59. The lowest BCUT2D eigenvalue weighted by Gasteiger charge is -2.36. The fraction of sp³-hybridized carbons (Fsp3) is 0.389. The van der Waals surface area contributed by atoms with E-state index in [4.69, 9.17) is 0 Å². The number of amides is 1. The Labute approximate surface area is 161 Å². The quantitative estimate of drug-likeness (QED) is 0.688. The van der Waals surface area contributed by atoms with Crippen LogP contribution in [0.3, 0.4) is 0 Å². The molecule has 4 heterocycles. The van der Waals surface area contributed by atoms with Crippen LogP contribution >= 0.6 is 11.5 Å². The van der Waals surface area contributed by atoms with E-state index in [-0.39, 0.29) is 5.91 Å².